The van der Waals surface area contributed by atoms with Crippen LogP contribution in [0, 0.1) is 11.8 Å². The summed E-state index contributed by atoms with van der Waals surface area (Å²) in [5.74, 6) is 1.25. The molecule has 0 unspecified atom stereocenters. The minimum Gasteiger partial charge on any atom is -0.456 e. The molecule has 4 heterocycles. The fraction of sp³-hybridized carbons (Fsp3) is 0.741. The van der Waals surface area contributed by atoms with E-state index < -0.39 is 0 Å². The third kappa shape index (κ3) is 6.12. The molecule has 2 bridgehead atoms. The minimum atomic E-state index is 0.0212. The van der Waals surface area contributed by atoms with Crippen LogP contribution in [0.15, 0.2) is 30.3 Å². The number of esters is 1. The van der Waals surface area contributed by atoms with Gasteiger partial charge < -0.3 is 18.9 Å². The van der Waals surface area contributed by atoms with Gasteiger partial charge in [-0.2, -0.15) is 0 Å². The molecule has 0 spiro atoms. The zero-order chi connectivity index (χ0) is 22.4. The number of carbonyl (C=O) groups excluding carboxylic acids is 1. The molecular weight excluding hydrogens is 400 g/mol. The number of hydrogen-bond donors (Lipinski definition) is 0. The molecule has 4 saturated heterocycles. The third-order valence-electron chi connectivity index (χ3n) is 8.32. The lowest BCUT2D eigenvalue weighted by Crippen LogP contribution is -2.63. The van der Waals surface area contributed by atoms with Gasteiger partial charge in [-0.25, -0.2) is 0 Å². The van der Waals surface area contributed by atoms with Crippen molar-refractivity contribution >= 4 is 5.97 Å². The maximum atomic E-state index is 12.6. The number of methoxy groups -OCH3 is 1. The maximum absolute atomic E-state index is 12.6. The standard InChI is InChI=1S/C27H43N2O3/c1-22-12-16-28(19-25(22)31-2)15-8-4-7-11-27(30)32-26-21-29(17-13-24(26)14-18-29)20-23-9-5-3-6-10-23/h3,5-6,9-10,22,24-26H,4,7-8,11-21H2,1-2H3/q+1/t22-,24?,25+,26+,29?/m1/s1. The van der Waals surface area contributed by atoms with Crippen molar-refractivity contribution in [3.05, 3.63) is 35.9 Å². The quantitative estimate of drug-likeness (QED) is 0.308. The molecule has 0 saturated carbocycles. The number of benzene rings is 1. The van der Waals surface area contributed by atoms with Crippen molar-refractivity contribution in [2.45, 2.75) is 70.6 Å². The Kier molecular flexibility index (Phi) is 8.25. The Bertz CT molecular complexity index is 717. The van der Waals surface area contributed by atoms with Crippen molar-refractivity contribution in [2.24, 2.45) is 11.8 Å². The molecular formula is C27H43N2O3+. The van der Waals surface area contributed by atoms with Crippen LogP contribution >= 0.6 is 0 Å². The number of carbonyl (C=O) groups is 1. The van der Waals surface area contributed by atoms with Crippen LogP contribution in [0.3, 0.4) is 0 Å². The highest BCUT2D eigenvalue weighted by Gasteiger charge is 2.47. The normalized spacial score (nSPS) is 32.7. The van der Waals surface area contributed by atoms with E-state index in [0.29, 0.717) is 24.4 Å². The minimum absolute atomic E-state index is 0.0212. The van der Waals surface area contributed by atoms with Crippen LogP contribution in [0.4, 0.5) is 0 Å². The number of hydrogen-bond acceptors (Lipinski definition) is 4. The second-order valence-corrected chi connectivity index (χ2v) is 10.6. The summed E-state index contributed by atoms with van der Waals surface area (Å²) in [6.45, 7) is 10.2. The smallest absolute Gasteiger partial charge is 0.306 e. The fourth-order valence-electron chi connectivity index (χ4n) is 6.16. The molecule has 5 nitrogen and oxygen atoms in total. The van der Waals surface area contributed by atoms with Crippen LogP contribution in [0.1, 0.15) is 57.4 Å². The van der Waals surface area contributed by atoms with Gasteiger partial charge in [0.05, 0.1) is 19.2 Å². The SMILES string of the molecule is CO[C@H]1CN(CCCCCC(=O)O[C@H]2C[N+]3(Cc4ccccc4)CCC2CC3)CC[C@H]1C. The summed E-state index contributed by atoms with van der Waals surface area (Å²) >= 11 is 0. The number of ether oxygens (including phenoxy) is 2. The Hall–Kier alpha value is -1.43. The number of unbranched alkanes of at least 4 members (excludes halogenated alkanes) is 2. The lowest BCUT2D eigenvalue weighted by molar-refractivity contribution is -0.958. The van der Waals surface area contributed by atoms with Gasteiger partial charge >= 0.3 is 5.97 Å². The van der Waals surface area contributed by atoms with Crippen LogP contribution < -0.4 is 0 Å². The van der Waals surface area contributed by atoms with Gasteiger partial charge in [0.15, 0.2) is 6.10 Å². The summed E-state index contributed by atoms with van der Waals surface area (Å²) < 4.78 is 12.8. The Labute approximate surface area is 194 Å². The number of quaternary nitrogens is 1. The average Bonchev–Trinajstić information content (AvgIpc) is 2.81. The summed E-state index contributed by atoms with van der Waals surface area (Å²) in [5.41, 5.74) is 1.40. The number of rotatable bonds is 10. The van der Waals surface area contributed by atoms with Crippen LogP contribution in [-0.2, 0) is 20.8 Å². The lowest BCUT2D eigenvalue weighted by Gasteiger charge is -2.52. The molecule has 4 fully saturated rings. The number of likely N-dealkylation sites (tertiary alicyclic amines) is 1. The van der Waals surface area contributed by atoms with Gasteiger partial charge in [-0.3, -0.25) is 4.79 Å². The number of nitrogens with zero attached hydrogens (tertiary/aromatic N) is 2. The second kappa shape index (κ2) is 11.1. The summed E-state index contributed by atoms with van der Waals surface area (Å²) in [6, 6.07) is 10.8. The summed E-state index contributed by atoms with van der Waals surface area (Å²) in [7, 11) is 1.83. The highest BCUT2D eigenvalue weighted by atomic mass is 16.5. The van der Waals surface area contributed by atoms with Crippen LogP contribution in [0.5, 0.6) is 0 Å². The van der Waals surface area contributed by atoms with Crippen molar-refractivity contribution in [1.82, 2.24) is 4.90 Å². The Balaban J connectivity index is 1.15. The van der Waals surface area contributed by atoms with Crippen LogP contribution in [0.2, 0.25) is 0 Å². The molecule has 3 atom stereocenters. The summed E-state index contributed by atoms with van der Waals surface area (Å²) in [6.07, 6.45) is 7.87. The van der Waals surface area contributed by atoms with E-state index in [1.165, 1.54) is 44.5 Å². The zero-order valence-corrected chi connectivity index (χ0v) is 20.2. The molecule has 1 aromatic carbocycles. The van der Waals surface area contributed by atoms with Gasteiger partial charge in [-0.1, -0.05) is 43.7 Å². The van der Waals surface area contributed by atoms with E-state index in [-0.39, 0.29) is 12.1 Å². The summed E-state index contributed by atoms with van der Waals surface area (Å²) in [5, 5.41) is 0. The number of fused-ring (bicyclic) bond motifs is 3. The Morgan fingerprint density at radius 3 is 2.59 bits per heavy atom. The van der Waals surface area contributed by atoms with Crippen molar-refractivity contribution < 1.29 is 18.8 Å². The molecule has 32 heavy (non-hydrogen) atoms. The second-order valence-electron chi connectivity index (χ2n) is 10.6. The first-order chi connectivity index (χ1) is 15.6. The molecule has 4 aliphatic rings. The van der Waals surface area contributed by atoms with E-state index in [1.807, 2.05) is 7.11 Å². The van der Waals surface area contributed by atoms with Gasteiger partial charge in [0.25, 0.3) is 0 Å². The van der Waals surface area contributed by atoms with Crippen LogP contribution in [-0.4, -0.2) is 73.9 Å². The first-order valence-electron chi connectivity index (χ1n) is 12.9. The molecule has 5 heteroatoms. The first-order valence-corrected chi connectivity index (χ1v) is 12.9. The van der Waals surface area contributed by atoms with Crippen molar-refractivity contribution in [1.29, 1.82) is 0 Å². The van der Waals surface area contributed by atoms with Gasteiger partial charge in [0, 0.05) is 44.4 Å². The van der Waals surface area contributed by atoms with E-state index in [0.717, 1.165) is 49.9 Å². The summed E-state index contributed by atoms with van der Waals surface area (Å²) in [4.78, 5) is 15.1. The highest BCUT2D eigenvalue weighted by Crippen LogP contribution is 2.37. The van der Waals surface area contributed by atoms with Crippen LogP contribution in [0.25, 0.3) is 0 Å². The highest BCUT2D eigenvalue weighted by molar-refractivity contribution is 5.69. The lowest BCUT2D eigenvalue weighted by atomic mass is 9.83. The number of piperidine rings is 4. The molecule has 178 valence electrons. The molecule has 4 aliphatic heterocycles. The molecule has 0 radical (unpaired) electrons. The van der Waals surface area contributed by atoms with E-state index in [9.17, 15) is 4.79 Å². The molecule has 0 amide bonds. The van der Waals surface area contributed by atoms with Crippen molar-refractivity contribution in [2.75, 3.05) is 46.4 Å². The third-order valence-corrected chi connectivity index (χ3v) is 8.32. The molecule has 5 rings (SSSR count). The van der Waals surface area contributed by atoms with E-state index >= 15 is 0 Å². The molecule has 0 aromatic heterocycles. The topological polar surface area (TPSA) is 38.8 Å². The van der Waals surface area contributed by atoms with Gasteiger partial charge in [0.1, 0.15) is 13.1 Å². The molecule has 1 aromatic rings. The Morgan fingerprint density at radius 2 is 1.84 bits per heavy atom. The maximum Gasteiger partial charge on any atom is 0.306 e. The van der Waals surface area contributed by atoms with Gasteiger partial charge in [0.2, 0.25) is 0 Å². The van der Waals surface area contributed by atoms with E-state index in [4.69, 9.17) is 9.47 Å². The fourth-order valence-corrected chi connectivity index (χ4v) is 6.16. The average molecular weight is 444 g/mol. The van der Waals surface area contributed by atoms with Crippen molar-refractivity contribution in [3.63, 3.8) is 0 Å². The zero-order valence-electron chi connectivity index (χ0n) is 20.2. The predicted molar refractivity (Wildman–Crippen MR) is 127 cm³/mol. The van der Waals surface area contributed by atoms with E-state index in [2.05, 4.69) is 42.2 Å². The van der Waals surface area contributed by atoms with Gasteiger partial charge in [-0.15, -0.1) is 0 Å². The van der Waals surface area contributed by atoms with E-state index in [1.54, 1.807) is 0 Å². The first kappa shape index (κ1) is 23.7. The Morgan fingerprint density at radius 1 is 1.06 bits per heavy atom. The predicted octanol–water partition coefficient (Wildman–Crippen LogP) is 4.26. The largest absolute Gasteiger partial charge is 0.456 e. The van der Waals surface area contributed by atoms with Crippen molar-refractivity contribution in [3.8, 4) is 0 Å². The monoisotopic (exact) mass is 443 g/mol. The van der Waals surface area contributed by atoms with Gasteiger partial charge in [-0.05, 0) is 38.3 Å². The molecule has 0 N–H and O–H groups in total. The molecule has 0 aliphatic carbocycles.